The van der Waals surface area contributed by atoms with E-state index in [0.717, 1.165) is 0 Å². The number of nitrogens with zero attached hydrogens (tertiary/aromatic N) is 1. The van der Waals surface area contributed by atoms with Crippen LogP contribution in [0.5, 0.6) is 0 Å². The number of hydrogen-bond acceptors (Lipinski definition) is 0. The van der Waals surface area contributed by atoms with Gasteiger partial charge in [-0.3, -0.25) is 0 Å². The van der Waals surface area contributed by atoms with Crippen LogP contribution >= 0.6 is 31.9 Å². The summed E-state index contributed by atoms with van der Waals surface area (Å²) in [5.41, 5.74) is 1.26. The van der Waals surface area contributed by atoms with Gasteiger partial charge in [-0.15, -0.1) is 0 Å². The molecule has 1 heterocycles. The Morgan fingerprint density at radius 2 is 1.35 bits per heavy atom. The zero-order valence-corrected chi connectivity index (χ0v) is 13.8. The van der Waals surface area contributed by atoms with Crippen molar-refractivity contribution in [3.8, 4) is 0 Å². The van der Waals surface area contributed by atoms with E-state index in [4.69, 9.17) is 0 Å². The Hall–Kier alpha value is -0.190. The van der Waals surface area contributed by atoms with E-state index in [1.54, 1.807) is 0 Å². The molecule has 2 atom stereocenters. The van der Waals surface area contributed by atoms with Crippen LogP contribution in [0, 0.1) is 0 Å². The van der Waals surface area contributed by atoms with Gasteiger partial charge in [0.05, 0.1) is 0 Å². The highest BCUT2D eigenvalue weighted by Crippen LogP contribution is 2.34. The number of alkyl halides is 2. The lowest BCUT2D eigenvalue weighted by molar-refractivity contribution is -0.697. The van der Waals surface area contributed by atoms with Gasteiger partial charge in [0.25, 0.3) is 0 Å². The maximum absolute atomic E-state index is 3.72. The summed E-state index contributed by atoms with van der Waals surface area (Å²) in [7, 11) is 0. The smallest absolute Gasteiger partial charge is 0.228 e. The summed E-state index contributed by atoms with van der Waals surface area (Å²) in [4.78, 5) is 0.456. The highest BCUT2D eigenvalue weighted by atomic mass is 79.9. The molecular weight excluding hydrogens is 410 g/mol. The van der Waals surface area contributed by atoms with Gasteiger partial charge in [0.2, 0.25) is 4.95 Å². The SMILES string of the molecule is BrC(c1ccccc1)C(Br)[n+]1ccccc1.[Br-]. The van der Waals surface area contributed by atoms with Gasteiger partial charge in [0, 0.05) is 12.1 Å². The van der Waals surface area contributed by atoms with Crippen molar-refractivity contribution in [2.45, 2.75) is 9.78 Å². The van der Waals surface area contributed by atoms with Crippen LogP contribution in [0.25, 0.3) is 0 Å². The van der Waals surface area contributed by atoms with Gasteiger partial charge in [0.1, 0.15) is 4.83 Å². The van der Waals surface area contributed by atoms with Crippen LogP contribution < -0.4 is 21.5 Å². The van der Waals surface area contributed by atoms with Crippen molar-refractivity contribution in [2.24, 2.45) is 0 Å². The third kappa shape index (κ3) is 3.90. The number of rotatable bonds is 3. The van der Waals surface area contributed by atoms with Crippen LogP contribution in [-0.2, 0) is 0 Å². The van der Waals surface area contributed by atoms with Crippen molar-refractivity contribution in [1.82, 2.24) is 0 Å². The third-order valence-corrected chi connectivity index (χ3v) is 5.12. The molecule has 1 nitrogen and oxygen atoms in total. The van der Waals surface area contributed by atoms with Crippen molar-refractivity contribution in [3.05, 3.63) is 66.5 Å². The van der Waals surface area contributed by atoms with Gasteiger partial charge >= 0.3 is 0 Å². The first-order valence-corrected chi connectivity index (χ1v) is 6.91. The zero-order valence-electron chi connectivity index (χ0n) is 9.01. The van der Waals surface area contributed by atoms with Crippen molar-refractivity contribution >= 4 is 31.9 Å². The van der Waals surface area contributed by atoms with E-state index in [-0.39, 0.29) is 26.8 Å². The van der Waals surface area contributed by atoms with Gasteiger partial charge in [-0.25, -0.2) is 0 Å². The molecule has 4 heteroatoms. The Labute approximate surface area is 129 Å². The molecule has 90 valence electrons. The van der Waals surface area contributed by atoms with E-state index in [0.29, 0.717) is 0 Å². The fraction of sp³-hybridized carbons (Fsp3) is 0.154. The minimum absolute atomic E-state index is 0. The monoisotopic (exact) mass is 419 g/mol. The number of pyridine rings is 1. The summed E-state index contributed by atoms with van der Waals surface area (Å²) in [6, 6.07) is 16.5. The van der Waals surface area contributed by atoms with Gasteiger partial charge in [-0.2, -0.15) is 4.57 Å². The molecule has 0 aliphatic rings. The fourth-order valence-electron chi connectivity index (χ4n) is 1.52. The molecule has 2 unspecified atom stereocenters. The first-order valence-electron chi connectivity index (χ1n) is 5.08. The Bertz CT molecular complexity index is 389. The third-order valence-electron chi connectivity index (χ3n) is 2.38. The standard InChI is InChI=1S/C13H12Br2N.BrH/c14-12(11-7-3-1-4-8-11)13(15)16-9-5-2-6-10-16;/h1-10,12-13H;1H/q+1;/p-1. The summed E-state index contributed by atoms with van der Waals surface area (Å²) in [6.45, 7) is 0. The van der Waals surface area contributed by atoms with Gasteiger partial charge in [0.15, 0.2) is 12.4 Å². The quantitative estimate of drug-likeness (QED) is 0.514. The zero-order chi connectivity index (χ0) is 11.4. The van der Waals surface area contributed by atoms with Crippen LogP contribution in [0.4, 0.5) is 0 Å². The highest BCUT2D eigenvalue weighted by Gasteiger charge is 2.24. The van der Waals surface area contributed by atoms with Gasteiger partial charge in [-0.1, -0.05) is 52.3 Å². The van der Waals surface area contributed by atoms with Crippen LogP contribution in [0.15, 0.2) is 60.9 Å². The molecule has 0 aliphatic carbocycles. The average Bonchev–Trinajstić information content (AvgIpc) is 2.39. The highest BCUT2D eigenvalue weighted by molar-refractivity contribution is 9.11. The van der Waals surface area contributed by atoms with Crippen LogP contribution in [0.2, 0.25) is 0 Å². The number of benzene rings is 1. The molecule has 0 amide bonds. The minimum atomic E-state index is 0. The van der Waals surface area contributed by atoms with Crippen LogP contribution in [-0.4, -0.2) is 0 Å². The lowest BCUT2D eigenvalue weighted by atomic mass is 10.1. The molecule has 0 spiro atoms. The summed E-state index contributed by atoms with van der Waals surface area (Å²) >= 11 is 7.42. The van der Waals surface area contributed by atoms with Crippen LogP contribution in [0.1, 0.15) is 15.3 Å². The normalized spacial score (nSPS) is 13.5. The Morgan fingerprint density at radius 3 is 1.94 bits per heavy atom. The molecule has 1 aromatic heterocycles. The molecular formula is C13H12Br3N. The predicted molar refractivity (Wildman–Crippen MR) is 72.7 cm³/mol. The second-order valence-corrected chi connectivity index (χ2v) is 5.43. The molecule has 0 fully saturated rings. The molecule has 0 N–H and O–H groups in total. The molecule has 2 rings (SSSR count). The molecule has 0 saturated carbocycles. The Kier molecular flexibility index (Phi) is 6.38. The molecule has 1 aromatic carbocycles. The number of aromatic nitrogens is 1. The van der Waals surface area contributed by atoms with Gasteiger partial charge < -0.3 is 17.0 Å². The maximum atomic E-state index is 3.72. The minimum Gasteiger partial charge on any atom is -1.00 e. The molecule has 17 heavy (non-hydrogen) atoms. The average molecular weight is 422 g/mol. The Balaban J connectivity index is 0.00000144. The molecule has 0 bridgehead atoms. The molecule has 0 saturated heterocycles. The maximum Gasteiger partial charge on any atom is 0.228 e. The number of halogens is 3. The summed E-state index contributed by atoms with van der Waals surface area (Å²) in [5, 5.41) is 0. The first-order chi connectivity index (χ1) is 7.79. The largest absolute Gasteiger partial charge is 1.00 e. The van der Waals surface area contributed by atoms with E-state index in [1.165, 1.54) is 5.56 Å². The van der Waals surface area contributed by atoms with E-state index in [9.17, 15) is 0 Å². The lowest BCUT2D eigenvalue weighted by Crippen LogP contribution is -3.00. The molecule has 0 aliphatic heterocycles. The van der Waals surface area contributed by atoms with E-state index < -0.39 is 0 Å². The van der Waals surface area contributed by atoms with Gasteiger partial charge in [-0.05, 0) is 21.5 Å². The van der Waals surface area contributed by atoms with Crippen molar-refractivity contribution < 1.29 is 21.5 Å². The van der Waals surface area contributed by atoms with Crippen molar-refractivity contribution in [1.29, 1.82) is 0 Å². The van der Waals surface area contributed by atoms with E-state index in [1.807, 2.05) is 24.3 Å². The Morgan fingerprint density at radius 1 is 0.824 bits per heavy atom. The van der Waals surface area contributed by atoms with Crippen molar-refractivity contribution in [2.75, 3.05) is 0 Å². The first kappa shape index (κ1) is 14.9. The second-order valence-electron chi connectivity index (χ2n) is 3.51. The summed E-state index contributed by atoms with van der Waals surface area (Å²) < 4.78 is 2.13. The number of hydrogen-bond donors (Lipinski definition) is 0. The summed E-state index contributed by atoms with van der Waals surface area (Å²) in [6.07, 6.45) is 4.10. The molecule has 2 aromatic rings. The topological polar surface area (TPSA) is 3.88 Å². The van der Waals surface area contributed by atoms with Crippen molar-refractivity contribution in [3.63, 3.8) is 0 Å². The van der Waals surface area contributed by atoms with E-state index >= 15 is 0 Å². The predicted octanol–water partition coefficient (Wildman–Crippen LogP) is 1.01. The van der Waals surface area contributed by atoms with E-state index in [2.05, 4.69) is 73.1 Å². The fourth-order valence-corrected chi connectivity index (χ4v) is 2.68. The second kappa shape index (κ2) is 7.29. The summed E-state index contributed by atoms with van der Waals surface area (Å²) in [5.74, 6) is 0. The lowest BCUT2D eigenvalue weighted by Gasteiger charge is -2.12. The molecule has 0 radical (unpaired) electrons. The van der Waals surface area contributed by atoms with Crippen LogP contribution in [0.3, 0.4) is 0 Å².